The molecular formula is C16H14FN3O. The molecule has 0 unspecified atom stereocenters. The van der Waals surface area contributed by atoms with Gasteiger partial charge < -0.3 is 5.32 Å². The molecule has 0 saturated heterocycles. The maximum atomic E-state index is 13.5. The molecule has 5 heteroatoms. The summed E-state index contributed by atoms with van der Waals surface area (Å²) in [6, 6.07) is 12.0. The number of carbonyl (C=O) groups is 1. The van der Waals surface area contributed by atoms with Gasteiger partial charge in [0.05, 0.1) is 11.7 Å². The number of hydrogen-bond acceptors (Lipinski definition) is 2. The van der Waals surface area contributed by atoms with Gasteiger partial charge in [0.1, 0.15) is 5.82 Å². The Labute approximate surface area is 121 Å². The van der Waals surface area contributed by atoms with E-state index in [1.807, 2.05) is 18.2 Å². The number of rotatable bonds is 4. The van der Waals surface area contributed by atoms with Crippen molar-refractivity contribution in [2.75, 3.05) is 5.32 Å². The Kier molecular flexibility index (Phi) is 3.64. The summed E-state index contributed by atoms with van der Waals surface area (Å²) in [4.78, 5) is 11.9. The Morgan fingerprint density at radius 2 is 2.10 bits per heavy atom. The number of nitrogens with zero attached hydrogens (tertiary/aromatic N) is 1. The zero-order valence-electron chi connectivity index (χ0n) is 11.3. The summed E-state index contributed by atoms with van der Waals surface area (Å²) in [6.07, 6.45) is 2.34. The lowest BCUT2D eigenvalue weighted by Crippen LogP contribution is -2.12. The summed E-state index contributed by atoms with van der Waals surface area (Å²) < 4.78 is 13.5. The van der Waals surface area contributed by atoms with Crippen molar-refractivity contribution in [3.63, 3.8) is 0 Å². The van der Waals surface area contributed by atoms with Crippen LogP contribution in [0.15, 0.2) is 48.7 Å². The van der Waals surface area contributed by atoms with Crippen LogP contribution in [-0.4, -0.2) is 16.1 Å². The molecule has 2 N–H and O–H groups in total. The Bertz CT molecular complexity index is 782. The first-order valence-electron chi connectivity index (χ1n) is 6.69. The molecule has 0 radical (unpaired) electrons. The molecule has 1 amide bonds. The highest BCUT2D eigenvalue weighted by Gasteiger charge is 2.07. The van der Waals surface area contributed by atoms with Crippen LogP contribution >= 0.6 is 0 Å². The minimum Gasteiger partial charge on any atom is -0.326 e. The van der Waals surface area contributed by atoms with Crippen molar-refractivity contribution in [3.05, 3.63) is 60.0 Å². The van der Waals surface area contributed by atoms with Crippen LogP contribution in [0, 0.1) is 5.82 Å². The van der Waals surface area contributed by atoms with E-state index in [2.05, 4.69) is 15.5 Å². The average molecular weight is 283 g/mol. The van der Waals surface area contributed by atoms with E-state index in [1.165, 1.54) is 6.07 Å². The molecule has 0 saturated carbocycles. The van der Waals surface area contributed by atoms with Gasteiger partial charge in [-0.2, -0.15) is 5.10 Å². The summed E-state index contributed by atoms with van der Waals surface area (Å²) in [6.45, 7) is 0. The van der Waals surface area contributed by atoms with Gasteiger partial charge in [-0.1, -0.05) is 18.2 Å². The minimum absolute atomic E-state index is 0.142. The molecule has 106 valence electrons. The molecule has 0 bridgehead atoms. The smallest absolute Gasteiger partial charge is 0.224 e. The first kappa shape index (κ1) is 13.3. The Hall–Kier alpha value is -2.69. The molecule has 1 heterocycles. The molecule has 0 atom stereocenters. The van der Waals surface area contributed by atoms with E-state index in [0.717, 1.165) is 10.9 Å². The largest absolute Gasteiger partial charge is 0.326 e. The minimum atomic E-state index is -0.274. The second-order valence-electron chi connectivity index (χ2n) is 4.81. The Morgan fingerprint density at radius 1 is 1.24 bits per heavy atom. The van der Waals surface area contributed by atoms with Gasteiger partial charge in [0.25, 0.3) is 0 Å². The number of aryl methyl sites for hydroxylation is 1. The lowest BCUT2D eigenvalue weighted by Gasteiger charge is -2.06. The van der Waals surface area contributed by atoms with Gasteiger partial charge in [0.15, 0.2) is 0 Å². The van der Waals surface area contributed by atoms with Crippen molar-refractivity contribution in [2.24, 2.45) is 0 Å². The van der Waals surface area contributed by atoms with E-state index in [9.17, 15) is 9.18 Å². The molecular weight excluding hydrogens is 269 g/mol. The zero-order chi connectivity index (χ0) is 14.7. The highest BCUT2D eigenvalue weighted by atomic mass is 19.1. The van der Waals surface area contributed by atoms with Crippen LogP contribution in [0.4, 0.5) is 10.1 Å². The number of hydrogen-bond donors (Lipinski definition) is 2. The van der Waals surface area contributed by atoms with Crippen molar-refractivity contribution in [3.8, 4) is 0 Å². The van der Waals surface area contributed by atoms with Gasteiger partial charge >= 0.3 is 0 Å². The van der Waals surface area contributed by atoms with E-state index in [4.69, 9.17) is 0 Å². The average Bonchev–Trinajstić information content (AvgIpc) is 2.94. The maximum Gasteiger partial charge on any atom is 0.224 e. The molecule has 21 heavy (non-hydrogen) atoms. The van der Waals surface area contributed by atoms with Crippen molar-refractivity contribution in [1.82, 2.24) is 10.2 Å². The number of nitrogens with one attached hydrogen (secondary N) is 2. The third kappa shape index (κ3) is 3.08. The summed E-state index contributed by atoms with van der Waals surface area (Å²) in [5, 5.41) is 10.6. The van der Waals surface area contributed by atoms with E-state index >= 15 is 0 Å². The molecule has 0 spiro atoms. The molecule has 0 aliphatic carbocycles. The van der Waals surface area contributed by atoms with Gasteiger partial charge in [-0.25, -0.2) is 4.39 Å². The third-order valence-corrected chi connectivity index (χ3v) is 3.30. The SMILES string of the molecule is O=C(CCc1ccccc1F)Nc1ccc2cn[nH]c2c1. The highest BCUT2D eigenvalue weighted by Crippen LogP contribution is 2.17. The van der Waals surface area contributed by atoms with Gasteiger partial charge in [-0.15, -0.1) is 0 Å². The second kappa shape index (κ2) is 5.75. The lowest BCUT2D eigenvalue weighted by molar-refractivity contribution is -0.116. The van der Waals surface area contributed by atoms with Crippen LogP contribution in [0.2, 0.25) is 0 Å². The van der Waals surface area contributed by atoms with Crippen LogP contribution in [0.1, 0.15) is 12.0 Å². The second-order valence-corrected chi connectivity index (χ2v) is 4.81. The quantitative estimate of drug-likeness (QED) is 0.772. The van der Waals surface area contributed by atoms with Gasteiger partial charge in [-0.3, -0.25) is 9.89 Å². The fraction of sp³-hybridized carbons (Fsp3) is 0.125. The number of carbonyl (C=O) groups excluding carboxylic acids is 1. The molecule has 4 nitrogen and oxygen atoms in total. The van der Waals surface area contributed by atoms with E-state index in [1.54, 1.807) is 24.4 Å². The number of H-pyrrole nitrogens is 1. The topological polar surface area (TPSA) is 57.8 Å². The fourth-order valence-electron chi connectivity index (χ4n) is 2.19. The predicted molar refractivity (Wildman–Crippen MR) is 79.4 cm³/mol. The number of benzene rings is 2. The lowest BCUT2D eigenvalue weighted by atomic mass is 10.1. The standard InChI is InChI=1S/C16H14FN3O/c17-14-4-2-1-3-11(14)6-8-16(21)19-13-7-5-12-10-18-20-15(12)9-13/h1-5,7,9-10H,6,8H2,(H,18,20)(H,19,21). The van der Waals surface area contributed by atoms with E-state index in [-0.39, 0.29) is 18.1 Å². The zero-order valence-corrected chi connectivity index (χ0v) is 11.3. The van der Waals surface area contributed by atoms with Crippen LogP contribution < -0.4 is 5.32 Å². The summed E-state index contributed by atoms with van der Waals surface area (Å²) >= 11 is 0. The van der Waals surface area contributed by atoms with Crippen molar-refractivity contribution in [2.45, 2.75) is 12.8 Å². The summed E-state index contributed by atoms with van der Waals surface area (Å²) in [7, 11) is 0. The van der Waals surface area contributed by atoms with Gasteiger partial charge in [0, 0.05) is 17.5 Å². The first-order valence-corrected chi connectivity index (χ1v) is 6.69. The molecule has 3 aromatic rings. The summed E-state index contributed by atoms with van der Waals surface area (Å²) in [5.74, 6) is -0.415. The Balaban J connectivity index is 1.62. The van der Waals surface area contributed by atoms with Crippen LogP contribution in [0.3, 0.4) is 0 Å². The molecule has 2 aromatic carbocycles. The number of fused-ring (bicyclic) bond motifs is 1. The van der Waals surface area contributed by atoms with Crippen LogP contribution in [-0.2, 0) is 11.2 Å². The van der Waals surface area contributed by atoms with Crippen LogP contribution in [0.5, 0.6) is 0 Å². The molecule has 0 fully saturated rings. The van der Waals surface area contributed by atoms with Crippen molar-refractivity contribution >= 4 is 22.5 Å². The number of aromatic amines is 1. The highest BCUT2D eigenvalue weighted by molar-refractivity contribution is 5.93. The molecule has 0 aliphatic rings. The van der Waals surface area contributed by atoms with E-state index < -0.39 is 0 Å². The molecule has 3 rings (SSSR count). The third-order valence-electron chi connectivity index (χ3n) is 3.30. The number of anilines is 1. The number of aromatic nitrogens is 2. The normalized spacial score (nSPS) is 10.7. The monoisotopic (exact) mass is 283 g/mol. The first-order chi connectivity index (χ1) is 10.2. The van der Waals surface area contributed by atoms with Crippen LogP contribution in [0.25, 0.3) is 10.9 Å². The van der Waals surface area contributed by atoms with Gasteiger partial charge in [0.2, 0.25) is 5.91 Å². The predicted octanol–water partition coefficient (Wildman–Crippen LogP) is 3.27. The number of halogens is 1. The molecule has 1 aromatic heterocycles. The maximum absolute atomic E-state index is 13.5. The Morgan fingerprint density at radius 3 is 2.95 bits per heavy atom. The van der Waals surface area contributed by atoms with Gasteiger partial charge in [-0.05, 0) is 36.2 Å². The van der Waals surface area contributed by atoms with Crippen molar-refractivity contribution in [1.29, 1.82) is 0 Å². The van der Waals surface area contributed by atoms with Crippen molar-refractivity contribution < 1.29 is 9.18 Å². The summed E-state index contributed by atoms with van der Waals surface area (Å²) in [5.41, 5.74) is 2.11. The molecule has 0 aliphatic heterocycles. The number of amides is 1. The fourth-order valence-corrected chi connectivity index (χ4v) is 2.19. The van der Waals surface area contributed by atoms with E-state index in [0.29, 0.717) is 17.7 Å².